The number of benzene rings is 2. The number of esters is 1. The van der Waals surface area contributed by atoms with Gasteiger partial charge >= 0.3 is 12.3 Å². The van der Waals surface area contributed by atoms with Crippen LogP contribution in [0.1, 0.15) is 12.5 Å². The lowest BCUT2D eigenvalue weighted by Gasteiger charge is -2.14. The van der Waals surface area contributed by atoms with Gasteiger partial charge in [0.25, 0.3) is 11.6 Å². The number of non-ortho nitro benzene ring substituents is 1. The second kappa shape index (κ2) is 10.3. The molecule has 1 unspecified atom stereocenters. The number of ether oxygens (including phenoxy) is 3. The molecule has 0 radical (unpaired) electrons. The number of rotatable bonds is 8. The lowest BCUT2D eigenvalue weighted by molar-refractivity contribution is -0.384. The van der Waals surface area contributed by atoms with Crippen molar-refractivity contribution in [2.75, 3.05) is 12.4 Å². The van der Waals surface area contributed by atoms with E-state index in [1.807, 2.05) is 0 Å². The predicted molar refractivity (Wildman–Crippen MR) is 106 cm³/mol. The number of methoxy groups -OCH3 is 1. The maximum Gasteiger partial charge on any atom is 0.573 e. The van der Waals surface area contributed by atoms with E-state index in [1.54, 1.807) is 0 Å². The van der Waals surface area contributed by atoms with E-state index in [9.17, 15) is 32.9 Å². The molecule has 1 amide bonds. The molecule has 0 bridgehead atoms. The van der Waals surface area contributed by atoms with E-state index in [1.165, 1.54) is 44.4 Å². The zero-order chi connectivity index (χ0) is 23.9. The van der Waals surface area contributed by atoms with Crippen LogP contribution in [0.3, 0.4) is 0 Å². The van der Waals surface area contributed by atoms with Crippen molar-refractivity contribution in [3.63, 3.8) is 0 Å². The van der Waals surface area contributed by atoms with E-state index in [2.05, 4.69) is 10.1 Å². The third kappa shape index (κ3) is 7.31. The highest BCUT2D eigenvalue weighted by atomic mass is 19.4. The number of amides is 1. The van der Waals surface area contributed by atoms with Crippen molar-refractivity contribution in [1.82, 2.24) is 0 Å². The highest BCUT2D eigenvalue weighted by molar-refractivity contribution is 5.97. The Labute approximate surface area is 179 Å². The van der Waals surface area contributed by atoms with Crippen LogP contribution in [0.25, 0.3) is 6.08 Å². The number of carbonyl (C=O) groups is 2. The van der Waals surface area contributed by atoms with Gasteiger partial charge < -0.3 is 19.5 Å². The lowest BCUT2D eigenvalue weighted by Crippen LogP contribution is -2.29. The number of nitro benzene ring substituents is 1. The number of anilines is 1. The van der Waals surface area contributed by atoms with E-state index < -0.39 is 35.0 Å². The quantitative estimate of drug-likeness (QED) is 0.276. The minimum Gasteiger partial charge on any atom is -0.495 e. The molecule has 0 aliphatic heterocycles. The first-order valence-corrected chi connectivity index (χ1v) is 8.86. The van der Waals surface area contributed by atoms with Gasteiger partial charge in [0.05, 0.1) is 17.7 Å². The van der Waals surface area contributed by atoms with Crippen LogP contribution in [0.2, 0.25) is 0 Å². The van der Waals surface area contributed by atoms with Crippen molar-refractivity contribution in [3.05, 3.63) is 64.2 Å². The molecule has 32 heavy (non-hydrogen) atoms. The van der Waals surface area contributed by atoms with Crippen molar-refractivity contribution in [2.24, 2.45) is 0 Å². The Balaban J connectivity index is 1.96. The molecule has 2 rings (SSSR count). The Morgan fingerprint density at radius 3 is 2.38 bits per heavy atom. The average molecular weight is 454 g/mol. The molecule has 170 valence electrons. The van der Waals surface area contributed by atoms with Gasteiger partial charge in [-0.3, -0.25) is 14.9 Å². The maximum absolute atomic E-state index is 12.3. The fraction of sp³-hybridized carbons (Fsp3) is 0.200. The summed E-state index contributed by atoms with van der Waals surface area (Å²) in [6.07, 6.45) is -3.82. The largest absolute Gasteiger partial charge is 0.573 e. The highest BCUT2D eigenvalue weighted by Gasteiger charge is 2.30. The van der Waals surface area contributed by atoms with Crippen LogP contribution in [0, 0.1) is 10.1 Å². The Bertz CT molecular complexity index is 1020. The van der Waals surface area contributed by atoms with Crippen LogP contribution in [0.15, 0.2) is 48.5 Å². The lowest BCUT2D eigenvalue weighted by atomic mass is 10.2. The van der Waals surface area contributed by atoms with E-state index in [4.69, 9.17) is 9.47 Å². The summed E-state index contributed by atoms with van der Waals surface area (Å²) in [6, 6.07) is 8.31. The van der Waals surface area contributed by atoms with Gasteiger partial charge in [-0.15, -0.1) is 13.2 Å². The normalized spacial score (nSPS) is 12.2. The van der Waals surface area contributed by atoms with Crippen LogP contribution in [0.4, 0.5) is 24.5 Å². The number of carbonyl (C=O) groups excluding carboxylic acids is 2. The molecule has 0 spiro atoms. The van der Waals surface area contributed by atoms with Crippen molar-refractivity contribution in [1.29, 1.82) is 0 Å². The number of halogens is 3. The van der Waals surface area contributed by atoms with E-state index in [0.29, 0.717) is 5.56 Å². The Morgan fingerprint density at radius 2 is 1.81 bits per heavy atom. The summed E-state index contributed by atoms with van der Waals surface area (Å²) in [5, 5.41) is 13.3. The van der Waals surface area contributed by atoms with Gasteiger partial charge in [0, 0.05) is 18.2 Å². The first-order valence-electron chi connectivity index (χ1n) is 8.86. The van der Waals surface area contributed by atoms with Crippen LogP contribution in [0.5, 0.6) is 11.5 Å². The summed E-state index contributed by atoms with van der Waals surface area (Å²) in [6.45, 7) is 1.29. The molecule has 0 heterocycles. The molecule has 12 heteroatoms. The van der Waals surface area contributed by atoms with Crippen LogP contribution >= 0.6 is 0 Å². The van der Waals surface area contributed by atoms with Crippen LogP contribution in [-0.2, 0) is 14.3 Å². The third-order valence-electron chi connectivity index (χ3n) is 3.84. The highest BCUT2D eigenvalue weighted by Crippen LogP contribution is 2.29. The molecular formula is C20H17F3N2O7. The Hall–Kier alpha value is -4.09. The maximum atomic E-state index is 12.3. The standard InChI is InChI=1S/C20H17F3N2O7/c1-12(19(27)24-16-11-14(25(28)29)6-9-17(16)30-2)31-18(26)10-5-13-3-7-15(8-4-13)32-20(21,22)23/h3-12H,1-2H3,(H,24,27)/b10-5+. The van der Waals surface area contributed by atoms with Gasteiger partial charge in [-0.05, 0) is 36.8 Å². The number of nitrogens with zero attached hydrogens (tertiary/aromatic N) is 1. The van der Waals surface area contributed by atoms with Crippen LogP contribution < -0.4 is 14.8 Å². The van der Waals surface area contributed by atoms with Crippen molar-refractivity contribution >= 4 is 29.3 Å². The molecule has 0 fully saturated rings. The summed E-state index contributed by atoms with van der Waals surface area (Å²) < 4.78 is 50.2. The smallest absolute Gasteiger partial charge is 0.495 e. The zero-order valence-corrected chi connectivity index (χ0v) is 16.7. The van der Waals surface area contributed by atoms with Crippen molar-refractivity contribution in [2.45, 2.75) is 19.4 Å². The minimum atomic E-state index is -4.81. The topological polar surface area (TPSA) is 117 Å². The number of nitro groups is 1. The first-order chi connectivity index (χ1) is 15.0. The summed E-state index contributed by atoms with van der Waals surface area (Å²) in [5.41, 5.74) is 0.126. The molecule has 1 atom stereocenters. The monoisotopic (exact) mass is 454 g/mol. The van der Waals surface area contributed by atoms with E-state index in [-0.39, 0.29) is 17.1 Å². The number of hydrogen-bond acceptors (Lipinski definition) is 7. The fourth-order valence-corrected chi connectivity index (χ4v) is 2.35. The molecule has 0 saturated carbocycles. The molecule has 0 saturated heterocycles. The molecule has 0 aliphatic rings. The molecule has 9 nitrogen and oxygen atoms in total. The van der Waals surface area contributed by atoms with Gasteiger partial charge in [0.1, 0.15) is 11.5 Å². The summed E-state index contributed by atoms with van der Waals surface area (Å²) in [7, 11) is 1.31. The van der Waals surface area contributed by atoms with Gasteiger partial charge in [-0.1, -0.05) is 12.1 Å². The van der Waals surface area contributed by atoms with E-state index >= 15 is 0 Å². The third-order valence-corrected chi connectivity index (χ3v) is 3.84. The number of alkyl halides is 3. The van der Waals surface area contributed by atoms with Crippen molar-refractivity contribution < 1.29 is 41.9 Å². The molecule has 0 aromatic heterocycles. The Kier molecular flexibility index (Phi) is 7.77. The van der Waals surface area contributed by atoms with Crippen LogP contribution in [-0.4, -0.2) is 36.4 Å². The molecule has 2 aromatic carbocycles. The van der Waals surface area contributed by atoms with Gasteiger partial charge in [0.15, 0.2) is 6.10 Å². The number of nitrogens with one attached hydrogen (secondary N) is 1. The minimum absolute atomic E-state index is 0.0197. The van der Waals surface area contributed by atoms with Gasteiger partial charge in [-0.2, -0.15) is 0 Å². The SMILES string of the molecule is COc1ccc([N+](=O)[O-])cc1NC(=O)C(C)OC(=O)/C=C/c1ccc(OC(F)(F)F)cc1. The van der Waals surface area contributed by atoms with E-state index in [0.717, 1.165) is 24.3 Å². The fourth-order valence-electron chi connectivity index (χ4n) is 2.35. The van der Waals surface area contributed by atoms with Gasteiger partial charge in [0.2, 0.25) is 0 Å². The number of hydrogen-bond donors (Lipinski definition) is 1. The molecule has 2 aromatic rings. The molecule has 0 aliphatic carbocycles. The molecular weight excluding hydrogens is 437 g/mol. The second-order valence-electron chi connectivity index (χ2n) is 6.16. The molecule has 1 N–H and O–H groups in total. The first kappa shape index (κ1) is 24.2. The Morgan fingerprint density at radius 1 is 1.16 bits per heavy atom. The summed E-state index contributed by atoms with van der Waals surface area (Å²) in [4.78, 5) is 34.5. The summed E-state index contributed by atoms with van der Waals surface area (Å²) in [5.74, 6) is -1.91. The van der Waals surface area contributed by atoms with Crippen molar-refractivity contribution in [3.8, 4) is 11.5 Å². The van der Waals surface area contributed by atoms with Gasteiger partial charge in [-0.25, -0.2) is 4.79 Å². The second-order valence-corrected chi connectivity index (χ2v) is 6.16. The zero-order valence-electron chi connectivity index (χ0n) is 16.7. The average Bonchev–Trinajstić information content (AvgIpc) is 2.72. The predicted octanol–water partition coefficient (Wildman–Crippen LogP) is 4.09. The summed E-state index contributed by atoms with van der Waals surface area (Å²) >= 11 is 0.